The molecule has 2 aliphatic heterocycles. The summed E-state index contributed by atoms with van der Waals surface area (Å²) < 4.78 is 49.6. The summed E-state index contributed by atoms with van der Waals surface area (Å²) in [6.07, 6.45) is 5.00. The summed E-state index contributed by atoms with van der Waals surface area (Å²) in [7, 11) is -4.40. The van der Waals surface area contributed by atoms with Gasteiger partial charge in [-0.2, -0.15) is 0 Å². The van der Waals surface area contributed by atoms with E-state index in [1.165, 1.54) is 0 Å². The Balaban J connectivity index is 1.40. The minimum Gasteiger partial charge on any atom is -0.387 e. The van der Waals surface area contributed by atoms with Crippen molar-refractivity contribution < 1.29 is 42.6 Å². The zero-order chi connectivity index (χ0) is 23.3. The SMILES string of the molecule is CC[C@H](C)COP(=O)(O)OC1C2OC3(CCCCC3)OC2C(O)C2OC3(CCCCC3)OC21. The third-order valence-electron chi connectivity index (χ3n) is 8.08. The van der Waals surface area contributed by atoms with Gasteiger partial charge in [0.1, 0.15) is 36.6 Å². The van der Waals surface area contributed by atoms with Crippen molar-refractivity contribution >= 4 is 7.82 Å². The third kappa shape index (κ3) is 4.83. The molecule has 5 rings (SSSR count). The molecule has 190 valence electrons. The summed E-state index contributed by atoms with van der Waals surface area (Å²) in [5.41, 5.74) is 0. The Hall–Kier alpha value is -0.0900. The first-order valence-electron chi connectivity index (χ1n) is 12.8. The topological polar surface area (TPSA) is 113 Å². The molecule has 9 nitrogen and oxygen atoms in total. The van der Waals surface area contributed by atoms with E-state index in [0.717, 1.165) is 70.6 Å². The van der Waals surface area contributed by atoms with Crippen molar-refractivity contribution in [2.24, 2.45) is 5.92 Å². The van der Waals surface area contributed by atoms with Gasteiger partial charge in [-0.3, -0.25) is 9.05 Å². The first kappa shape index (κ1) is 24.6. The van der Waals surface area contributed by atoms with Crippen LogP contribution in [0.1, 0.15) is 84.5 Å². The van der Waals surface area contributed by atoms with Gasteiger partial charge in [0, 0.05) is 25.7 Å². The molecule has 0 radical (unpaired) electrons. The second-order valence-corrected chi connectivity index (χ2v) is 12.0. The second-order valence-electron chi connectivity index (χ2n) is 10.6. The predicted octanol–water partition coefficient (Wildman–Crippen LogP) is 3.80. The third-order valence-corrected chi connectivity index (χ3v) is 9.06. The molecule has 33 heavy (non-hydrogen) atoms. The summed E-state index contributed by atoms with van der Waals surface area (Å²) in [6, 6.07) is 0. The van der Waals surface area contributed by atoms with Crippen molar-refractivity contribution in [3.05, 3.63) is 0 Å². The van der Waals surface area contributed by atoms with Crippen molar-refractivity contribution in [3.8, 4) is 0 Å². The molecule has 2 spiro atoms. The quantitative estimate of drug-likeness (QED) is 0.537. The number of ether oxygens (including phenoxy) is 4. The highest BCUT2D eigenvalue weighted by Gasteiger charge is 2.67. The average Bonchev–Trinajstić information content (AvgIpc) is 3.35. The molecular weight excluding hydrogens is 451 g/mol. The molecule has 0 bridgehead atoms. The summed E-state index contributed by atoms with van der Waals surface area (Å²) >= 11 is 0. The van der Waals surface area contributed by atoms with Crippen LogP contribution in [0.25, 0.3) is 0 Å². The Morgan fingerprint density at radius 2 is 1.33 bits per heavy atom. The molecule has 5 fully saturated rings. The number of fused-ring (bicyclic) bond motifs is 2. The molecule has 5 unspecified atom stereocenters. The van der Waals surface area contributed by atoms with Gasteiger partial charge >= 0.3 is 7.82 Å². The summed E-state index contributed by atoms with van der Waals surface area (Å²) in [6.45, 7) is 4.06. The second kappa shape index (κ2) is 9.41. The first-order valence-corrected chi connectivity index (χ1v) is 14.3. The van der Waals surface area contributed by atoms with Gasteiger partial charge in [-0.25, -0.2) is 4.57 Å². The molecule has 6 atom stereocenters. The van der Waals surface area contributed by atoms with Crippen LogP contribution < -0.4 is 0 Å². The molecule has 5 aliphatic rings. The zero-order valence-corrected chi connectivity index (χ0v) is 20.6. The lowest BCUT2D eigenvalue weighted by atomic mass is 9.85. The van der Waals surface area contributed by atoms with Gasteiger partial charge in [-0.1, -0.05) is 33.1 Å². The van der Waals surface area contributed by atoms with E-state index < -0.39 is 56.0 Å². The van der Waals surface area contributed by atoms with Gasteiger partial charge in [0.05, 0.1) is 6.61 Å². The van der Waals surface area contributed by atoms with Crippen LogP contribution in [0.5, 0.6) is 0 Å². The van der Waals surface area contributed by atoms with Gasteiger partial charge in [0.15, 0.2) is 11.6 Å². The molecule has 2 heterocycles. The molecule has 3 saturated carbocycles. The van der Waals surface area contributed by atoms with Crippen molar-refractivity contribution in [1.29, 1.82) is 0 Å². The van der Waals surface area contributed by atoms with Crippen LogP contribution >= 0.6 is 7.82 Å². The number of aliphatic hydroxyl groups excluding tert-OH is 1. The molecule has 2 N–H and O–H groups in total. The fraction of sp³-hybridized carbons (Fsp3) is 1.00. The lowest BCUT2D eigenvalue weighted by Gasteiger charge is -2.40. The zero-order valence-electron chi connectivity index (χ0n) is 19.7. The van der Waals surface area contributed by atoms with Gasteiger partial charge in [-0.15, -0.1) is 0 Å². The predicted molar refractivity (Wildman–Crippen MR) is 117 cm³/mol. The minimum atomic E-state index is -4.40. The molecular formula is C23H39O9P. The molecule has 0 aromatic heterocycles. The van der Waals surface area contributed by atoms with E-state index in [9.17, 15) is 14.6 Å². The lowest BCUT2D eigenvalue weighted by molar-refractivity contribution is -0.223. The van der Waals surface area contributed by atoms with Crippen LogP contribution in [0.2, 0.25) is 0 Å². The Bertz CT molecular complexity index is 693. The number of phosphoric acid groups is 1. The summed E-state index contributed by atoms with van der Waals surface area (Å²) in [5.74, 6) is -1.47. The summed E-state index contributed by atoms with van der Waals surface area (Å²) in [4.78, 5) is 10.6. The van der Waals surface area contributed by atoms with Crippen LogP contribution in [0.4, 0.5) is 0 Å². The van der Waals surface area contributed by atoms with E-state index in [0.29, 0.717) is 0 Å². The van der Waals surface area contributed by atoms with Crippen LogP contribution in [0.15, 0.2) is 0 Å². The molecule has 0 amide bonds. The maximum Gasteiger partial charge on any atom is 0.472 e. The Morgan fingerprint density at radius 3 is 1.79 bits per heavy atom. The fourth-order valence-corrected chi connectivity index (χ4v) is 7.07. The Morgan fingerprint density at radius 1 is 0.879 bits per heavy atom. The van der Waals surface area contributed by atoms with Gasteiger partial charge in [0.2, 0.25) is 0 Å². The molecule has 2 saturated heterocycles. The van der Waals surface area contributed by atoms with Crippen molar-refractivity contribution in [2.45, 2.75) is 133 Å². The molecule has 10 heteroatoms. The molecule has 3 aliphatic carbocycles. The summed E-state index contributed by atoms with van der Waals surface area (Å²) in [5, 5.41) is 11.3. The standard InChI is InChI=1S/C23H39O9P/c1-3-15(2)14-27-33(25,26)32-21-19-17(28-22(30-19)10-6-4-7-11-22)16(24)18-20(21)31-23(29-18)12-8-5-9-13-23/h15-21,24H,3-14H2,1-2H3,(H,25,26)/t15-,16?,17?,18?,19?,20?,21?/m0/s1. The van der Waals surface area contributed by atoms with Gasteiger partial charge in [-0.05, 0) is 31.6 Å². The molecule has 0 aromatic rings. The maximum atomic E-state index is 13.0. The normalized spacial score (nSPS) is 42.1. The maximum absolute atomic E-state index is 13.0. The van der Waals surface area contributed by atoms with E-state index in [2.05, 4.69) is 0 Å². The highest BCUT2D eigenvalue weighted by atomic mass is 31.2. The smallest absolute Gasteiger partial charge is 0.387 e. The van der Waals surface area contributed by atoms with E-state index in [-0.39, 0.29) is 12.5 Å². The van der Waals surface area contributed by atoms with Crippen molar-refractivity contribution in [2.75, 3.05) is 6.61 Å². The van der Waals surface area contributed by atoms with E-state index in [1.54, 1.807) is 0 Å². The van der Waals surface area contributed by atoms with E-state index >= 15 is 0 Å². The number of hydrogen-bond acceptors (Lipinski definition) is 8. The number of hydrogen-bond donors (Lipinski definition) is 2. The van der Waals surface area contributed by atoms with Gasteiger partial charge in [0.25, 0.3) is 0 Å². The van der Waals surface area contributed by atoms with Gasteiger partial charge < -0.3 is 28.9 Å². The number of rotatable bonds is 6. The van der Waals surface area contributed by atoms with Crippen LogP contribution in [0.3, 0.4) is 0 Å². The van der Waals surface area contributed by atoms with Crippen molar-refractivity contribution in [3.63, 3.8) is 0 Å². The Labute approximate surface area is 196 Å². The monoisotopic (exact) mass is 490 g/mol. The molecule has 0 aromatic carbocycles. The Kier molecular flexibility index (Phi) is 7.02. The van der Waals surface area contributed by atoms with Crippen molar-refractivity contribution in [1.82, 2.24) is 0 Å². The van der Waals surface area contributed by atoms with E-state index in [1.807, 2.05) is 13.8 Å². The highest BCUT2D eigenvalue weighted by molar-refractivity contribution is 7.47. The number of aliphatic hydroxyl groups is 1. The van der Waals surface area contributed by atoms with Crippen LogP contribution in [0, 0.1) is 5.92 Å². The minimum absolute atomic E-state index is 0.115. The van der Waals surface area contributed by atoms with Crippen LogP contribution in [-0.2, 0) is 32.6 Å². The van der Waals surface area contributed by atoms with E-state index in [4.69, 9.17) is 28.0 Å². The highest BCUT2D eigenvalue weighted by Crippen LogP contribution is 2.55. The first-order chi connectivity index (χ1) is 15.8. The average molecular weight is 491 g/mol. The number of phosphoric ester groups is 1. The van der Waals surface area contributed by atoms with Crippen LogP contribution in [-0.4, -0.2) is 64.8 Å². The lowest BCUT2D eigenvalue weighted by Crippen LogP contribution is -2.62. The fourth-order valence-electron chi connectivity index (χ4n) is 6.02. The largest absolute Gasteiger partial charge is 0.472 e.